The molecule has 0 aromatic heterocycles. The lowest BCUT2D eigenvalue weighted by Crippen LogP contribution is -2.18. The highest BCUT2D eigenvalue weighted by Gasteiger charge is 2.14. The Morgan fingerprint density at radius 1 is 1.08 bits per heavy atom. The molecule has 0 heterocycles. The normalized spacial score (nSPS) is 13.6. The van der Waals surface area contributed by atoms with E-state index in [9.17, 15) is 0 Å². The Bertz CT molecular complexity index is 196. The van der Waals surface area contributed by atoms with Crippen LogP contribution >= 0.6 is 0 Å². The van der Waals surface area contributed by atoms with E-state index in [4.69, 9.17) is 11.1 Å². The summed E-state index contributed by atoms with van der Waals surface area (Å²) in [5.74, 6) is 0.616. The average molecular weight is 168 g/mol. The molecular weight excluding hydrogens is 148 g/mol. The highest BCUT2D eigenvalue weighted by atomic mass is 14.6. The van der Waals surface area contributed by atoms with Crippen LogP contribution in [0.15, 0.2) is 11.3 Å². The topological polar surface area (TPSA) is 49.9 Å². The van der Waals surface area contributed by atoms with Gasteiger partial charge >= 0.3 is 0 Å². The van der Waals surface area contributed by atoms with E-state index in [1.165, 1.54) is 0 Å². The van der Waals surface area contributed by atoms with E-state index < -0.39 is 0 Å². The van der Waals surface area contributed by atoms with E-state index in [0.29, 0.717) is 11.6 Å². The summed E-state index contributed by atoms with van der Waals surface area (Å²) in [5, 5.41) is 7.82. The summed E-state index contributed by atoms with van der Waals surface area (Å²) < 4.78 is 0. The summed E-state index contributed by atoms with van der Waals surface area (Å²) in [6, 6.07) is 0. The van der Waals surface area contributed by atoms with Crippen molar-refractivity contribution >= 4 is 5.71 Å². The Labute approximate surface area is 75.4 Å². The van der Waals surface area contributed by atoms with Crippen molar-refractivity contribution in [3.8, 4) is 0 Å². The molecule has 0 rings (SSSR count). The minimum Gasteiger partial charge on any atom is -0.402 e. The van der Waals surface area contributed by atoms with Gasteiger partial charge in [0.15, 0.2) is 0 Å². The van der Waals surface area contributed by atoms with E-state index in [-0.39, 0.29) is 5.92 Å². The van der Waals surface area contributed by atoms with Gasteiger partial charge in [-0.1, -0.05) is 27.7 Å². The molecule has 0 radical (unpaired) electrons. The van der Waals surface area contributed by atoms with Crippen molar-refractivity contribution in [2.24, 2.45) is 17.6 Å². The number of rotatable bonds is 3. The van der Waals surface area contributed by atoms with Crippen molar-refractivity contribution in [1.82, 2.24) is 0 Å². The molecule has 0 fully saturated rings. The average Bonchev–Trinajstić information content (AvgIpc) is 1.85. The number of hydrogen-bond donors (Lipinski definition) is 2. The van der Waals surface area contributed by atoms with Crippen molar-refractivity contribution in [3.05, 3.63) is 11.3 Å². The van der Waals surface area contributed by atoms with Crippen molar-refractivity contribution in [1.29, 1.82) is 5.41 Å². The predicted octanol–water partition coefficient (Wildman–Crippen LogP) is 2.55. The maximum Gasteiger partial charge on any atom is 0.0390 e. The lowest BCUT2D eigenvalue weighted by molar-refractivity contribution is 0.759. The molecule has 0 bridgehead atoms. The zero-order valence-electron chi connectivity index (χ0n) is 8.73. The van der Waals surface area contributed by atoms with Crippen LogP contribution in [0.25, 0.3) is 0 Å². The summed E-state index contributed by atoms with van der Waals surface area (Å²) >= 11 is 0. The fraction of sp³-hybridized carbons (Fsp3) is 0.700. The first-order valence-electron chi connectivity index (χ1n) is 4.43. The molecule has 0 amide bonds. The third-order valence-corrected chi connectivity index (χ3v) is 1.87. The molecular formula is C10H20N2. The molecule has 0 aliphatic carbocycles. The maximum absolute atomic E-state index is 7.82. The Morgan fingerprint density at radius 3 is 1.58 bits per heavy atom. The SMILES string of the molecule is C/C(N)=C(/C(=N)C(C)C)C(C)C. The molecule has 2 nitrogen and oxygen atoms in total. The van der Waals surface area contributed by atoms with E-state index in [1.807, 2.05) is 20.8 Å². The second-order valence-corrected chi connectivity index (χ2v) is 3.82. The van der Waals surface area contributed by atoms with E-state index in [1.54, 1.807) is 0 Å². The maximum atomic E-state index is 7.82. The molecule has 0 aromatic carbocycles. The van der Waals surface area contributed by atoms with Gasteiger partial charge in [0.25, 0.3) is 0 Å². The molecule has 0 aliphatic heterocycles. The fourth-order valence-corrected chi connectivity index (χ4v) is 1.29. The minimum absolute atomic E-state index is 0.265. The molecule has 3 N–H and O–H groups in total. The number of allylic oxidation sites excluding steroid dienone is 2. The molecule has 0 unspecified atom stereocenters. The summed E-state index contributed by atoms with van der Waals surface area (Å²) in [5.41, 5.74) is 8.17. The molecule has 12 heavy (non-hydrogen) atoms. The third kappa shape index (κ3) is 2.68. The van der Waals surface area contributed by atoms with Gasteiger partial charge in [-0.3, -0.25) is 0 Å². The fourth-order valence-electron chi connectivity index (χ4n) is 1.29. The van der Waals surface area contributed by atoms with Gasteiger partial charge in [-0.05, 0) is 24.3 Å². The molecule has 0 saturated heterocycles. The lowest BCUT2D eigenvalue weighted by Gasteiger charge is -2.17. The minimum atomic E-state index is 0.265. The second-order valence-electron chi connectivity index (χ2n) is 3.82. The first-order valence-corrected chi connectivity index (χ1v) is 4.43. The van der Waals surface area contributed by atoms with Gasteiger partial charge in [0.2, 0.25) is 0 Å². The zero-order valence-corrected chi connectivity index (χ0v) is 8.73. The highest BCUT2D eigenvalue weighted by molar-refractivity contribution is 5.99. The Hall–Kier alpha value is -0.790. The first-order chi connectivity index (χ1) is 5.37. The summed E-state index contributed by atoms with van der Waals surface area (Å²) in [6.07, 6.45) is 0. The molecule has 0 saturated carbocycles. The molecule has 0 aliphatic rings. The zero-order chi connectivity index (χ0) is 9.89. The van der Waals surface area contributed by atoms with Crippen molar-refractivity contribution in [2.45, 2.75) is 34.6 Å². The summed E-state index contributed by atoms with van der Waals surface area (Å²) in [6.45, 7) is 10.1. The lowest BCUT2D eigenvalue weighted by atomic mass is 9.90. The van der Waals surface area contributed by atoms with Crippen LogP contribution in [0.1, 0.15) is 34.6 Å². The Kier molecular flexibility index (Phi) is 4.01. The summed E-state index contributed by atoms with van der Waals surface area (Å²) in [7, 11) is 0. The molecule has 2 heteroatoms. The number of nitrogens with two attached hydrogens (primary N) is 1. The van der Waals surface area contributed by atoms with Crippen molar-refractivity contribution in [3.63, 3.8) is 0 Å². The molecule has 0 spiro atoms. The van der Waals surface area contributed by atoms with Gasteiger partial charge in [0, 0.05) is 11.4 Å². The molecule has 0 atom stereocenters. The standard InChI is InChI=1S/C10H20N2/c1-6(2)9(8(5)11)10(12)7(3)4/h6-7,12H,11H2,1-5H3/b9-8-,12-10?. The van der Waals surface area contributed by atoms with Gasteiger partial charge < -0.3 is 11.1 Å². The van der Waals surface area contributed by atoms with Crippen LogP contribution in [-0.2, 0) is 0 Å². The smallest absolute Gasteiger partial charge is 0.0390 e. The van der Waals surface area contributed by atoms with Crippen molar-refractivity contribution in [2.75, 3.05) is 0 Å². The second kappa shape index (κ2) is 4.29. The largest absolute Gasteiger partial charge is 0.402 e. The van der Waals surface area contributed by atoms with E-state index >= 15 is 0 Å². The van der Waals surface area contributed by atoms with Crippen LogP contribution in [0, 0.1) is 17.2 Å². The van der Waals surface area contributed by atoms with Crippen LogP contribution in [-0.4, -0.2) is 5.71 Å². The van der Waals surface area contributed by atoms with E-state index in [2.05, 4.69) is 13.8 Å². The van der Waals surface area contributed by atoms with Crippen LogP contribution in [0.2, 0.25) is 0 Å². The third-order valence-electron chi connectivity index (χ3n) is 1.87. The number of hydrogen-bond acceptors (Lipinski definition) is 2. The molecule has 0 aromatic rings. The number of nitrogens with one attached hydrogen (secondary N) is 1. The van der Waals surface area contributed by atoms with Crippen LogP contribution in [0.3, 0.4) is 0 Å². The van der Waals surface area contributed by atoms with Gasteiger partial charge in [0.1, 0.15) is 0 Å². The quantitative estimate of drug-likeness (QED) is 0.625. The Morgan fingerprint density at radius 2 is 1.50 bits per heavy atom. The predicted molar refractivity (Wildman–Crippen MR) is 54.3 cm³/mol. The first kappa shape index (κ1) is 11.2. The van der Waals surface area contributed by atoms with Gasteiger partial charge in [-0.2, -0.15) is 0 Å². The highest BCUT2D eigenvalue weighted by Crippen LogP contribution is 2.17. The van der Waals surface area contributed by atoms with Crippen LogP contribution in [0.4, 0.5) is 0 Å². The van der Waals surface area contributed by atoms with E-state index in [0.717, 1.165) is 11.3 Å². The monoisotopic (exact) mass is 168 g/mol. The summed E-state index contributed by atoms with van der Waals surface area (Å²) in [4.78, 5) is 0. The van der Waals surface area contributed by atoms with Crippen LogP contribution in [0.5, 0.6) is 0 Å². The molecule has 70 valence electrons. The van der Waals surface area contributed by atoms with Gasteiger partial charge in [-0.25, -0.2) is 0 Å². The van der Waals surface area contributed by atoms with Gasteiger partial charge in [-0.15, -0.1) is 0 Å². The Balaban J connectivity index is 4.80. The van der Waals surface area contributed by atoms with Crippen molar-refractivity contribution < 1.29 is 0 Å². The van der Waals surface area contributed by atoms with Crippen LogP contribution < -0.4 is 5.73 Å². The van der Waals surface area contributed by atoms with Gasteiger partial charge in [0.05, 0.1) is 0 Å².